The number of esters is 2. The number of hydrogen-bond donors (Lipinski definition) is 4. The molecule has 10 aromatic rings. The van der Waals surface area contributed by atoms with Crippen molar-refractivity contribution in [2.75, 3.05) is 56.2 Å². The Morgan fingerprint density at radius 3 is 1.19 bits per heavy atom. The lowest BCUT2D eigenvalue weighted by molar-refractivity contribution is -0.123. The Bertz CT molecular complexity index is 4000. The van der Waals surface area contributed by atoms with Crippen molar-refractivity contribution >= 4 is 75.7 Å². The van der Waals surface area contributed by atoms with E-state index in [9.17, 15) is 29.4 Å². The van der Waals surface area contributed by atoms with Crippen molar-refractivity contribution in [2.24, 2.45) is 20.5 Å². The molecule has 93 heavy (non-hydrogen) atoms. The van der Waals surface area contributed by atoms with Crippen LogP contribution in [0.1, 0.15) is 67.9 Å². The molecule has 4 N–H and O–H groups in total. The minimum absolute atomic E-state index is 0.0359. The second kappa shape index (κ2) is 32.0. The van der Waals surface area contributed by atoms with Gasteiger partial charge < -0.3 is 30.3 Å². The number of rotatable bonds is 28. The first-order chi connectivity index (χ1) is 45.5. The van der Waals surface area contributed by atoms with Gasteiger partial charge >= 0.3 is 11.9 Å². The first-order valence-corrected chi connectivity index (χ1v) is 32.4. The number of carbonyl (C=O) groups is 4. The van der Waals surface area contributed by atoms with Crippen LogP contribution in [0.15, 0.2) is 281 Å². The highest BCUT2D eigenvalue weighted by atomic mass is 32.2. The van der Waals surface area contributed by atoms with Gasteiger partial charge in [-0.1, -0.05) is 200 Å². The van der Waals surface area contributed by atoms with Crippen LogP contribution < -0.4 is 10.6 Å². The van der Waals surface area contributed by atoms with Crippen LogP contribution in [0.3, 0.4) is 0 Å². The fourth-order valence-corrected chi connectivity index (χ4v) is 13.9. The van der Waals surface area contributed by atoms with Crippen LogP contribution in [0.25, 0.3) is 11.1 Å². The quantitative estimate of drug-likeness (QED) is 0.0157. The maximum atomic E-state index is 15.0. The summed E-state index contributed by atoms with van der Waals surface area (Å²) in [7, 11) is 0. The van der Waals surface area contributed by atoms with Gasteiger partial charge in [0.25, 0.3) is 0 Å². The van der Waals surface area contributed by atoms with Crippen molar-refractivity contribution in [1.82, 2.24) is 10.2 Å². The maximum Gasteiger partial charge on any atom is 0.341 e. The molecule has 0 radical (unpaired) electrons. The van der Waals surface area contributed by atoms with Crippen LogP contribution in [0, 0.1) is 0 Å². The zero-order valence-electron chi connectivity index (χ0n) is 51.4. The molecule has 0 unspecified atom stereocenters. The van der Waals surface area contributed by atoms with Gasteiger partial charge in [-0.25, -0.2) is 9.59 Å². The molecule has 0 heterocycles. The Balaban J connectivity index is 0.948. The van der Waals surface area contributed by atoms with E-state index in [1.54, 1.807) is 67.7 Å². The van der Waals surface area contributed by atoms with Crippen LogP contribution in [0.2, 0.25) is 0 Å². The Kier molecular flexibility index (Phi) is 22.5. The summed E-state index contributed by atoms with van der Waals surface area (Å²) in [6.07, 6.45) is 0. The molecule has 468 valence electrons. The van der Waals surface area contributed by atoms with Crippen LogP contribution in [-0.2, 0) is 28.6 Å². The van der Waals surface area contributed by atoms with Gasteiger partial charge in [-0.15, -0.1) is 23.5 Å². The monoisotopic (exact) mass is 1270 g/mol. The number of phenols is 2. The number of phenolic OH excluding ortho intramolecular Hbond substituents is 2. The molecule has 0 saturated carbocycles. The number of azo groups is 2. The Morgan fingerprint density at radius 2 is 0.785 bits per heavy atom. The molecule has 0 aromatic heterocycles. The molecule has 10 rings (SSSR count). The fourth-order valence-electron chi connectivity index (χ4n) is 10.9. The average molecular weight is 1270 g/mol. The van der Waals surface area contributed by atoms with Crippen molar-refractivity contribution in [3.05, 3.63) is 305 Å². The number of hydrogen-bond acceptors (Lipinski definition) is 15. The summed E-state index contributed by atoms with van der Waals surface area (Å²) >= 11 is 3.49. The van der Waals surface area contributed by atoms with E-state index >= 15 is 0 Å². The van der Waals surface area contributed by atoms with Crippen molar-refractivity contribution in [1.29, 1.82) is 0 Å². The summed E-state index contributed by atoms with van der Waals surface area (Å²) in [5.74, 6) is -1.49. The number of carbonyl (C=O) groups excluding carboxylic acids is 4. The first kappa shape index (κ1) is 65.5. The van der Waals surface area contributed by atoms with E-state index < -0.39 is 27.3 Å². The first-order valence-electron chi connectivity index (χ1n) is 30.5. The number of ether oxygens (including phenoxy) is 2. The normalized spacial score (nSPS) is 11.6. The third-order valence-corrected chi connectivity index (χ3v) is 18.3. The number of aromatic hydroxyl groups is 2. The number of nitrogens with zero attached hydrogens (tertiary/aromatic N) is 5. The topological polar surface area (TPSA) is 204 Å². The Morgan fingerprint density at radius 1 is 0.430 bits per heavy atom. The van der Waals surface area contributed by atoms with Crippen molar-refractivity contribution in [3.63, 3.8) is 0 Å². The van der Waals surface area contributed by atoms with Crippen molar-refractivity contribution in [2.45, 2.75) is 23.3 Å². The van der Waals surface area contributed by atoms with Gasteiger partial charge in [0.1, 0.15) is 22.6 Å². The van der Waals surface area contributed by atoms with Crippen LogP contribution >= 0.6 is 23.5 Å². The molecule has 0 aliphatic heterocycles. The minimum atomic E-state index is -0.711. The Hall–Kier alpha value is -10.5. The molecule has 0 spiro atoms. The summed E-state index contributed by atoms with van der Waals surface area (Å²) in [4.78, 5) is 56.6. The standard InChI is InChI=1S/C76H69N7O8S2/c1-3-90-73(88)66-49-62(40-43-69(66)84)80-79-61-37-35-54(36-38-61)65-42-39-64(82-81-63-41-44-70(85)67(50-63)74(89)91-4-2)51-68(65)78-72(87)53-83(46-48-93-76(58-29-17-8-18-30-58,59-31-19-9-20-32-59)60-33-21-10-22-34-60)52-71(86)77-45-47-92-75(55-23-11-5-12-24-55,56-25-13-6-14-26-56)57-27-15-7-16-28-57/h5-44,49-51,84-85H,3-4,45-48,52-53H2,1-2H3,(H,77,86)(H,78,87). The zero-order chi connectivity index (χ0) is 64.8. The predicted octanol–water partition coefficient (Wildman–Crippen LogP) is 16.8. The lowest BCUT2D eigenvalue weighted by Crippen LogP contribution is -2.43. The van der Waals surface area contributed by atoms with Crippen LogP contribution in [-0.4, -0.2) is 89.8 Å². The molecule has 0 aliphatic rings. The van der Waals surface area contributed by atoms with Gasteiger partial charge in [-0.2, -0.15) is 20.5 Å². The van der Waals surface area contributed by atoms with Gasteiger partial charge in [-0.05, 0) is 113 Å². The summed E-state index contributed by atoms with van der Waals surface area (Å²) in [5, 5.41) is 44.8. The summed E-state index contributed by atoms with van der Waals surface area (Å²) in [6.45, 7) is 3.99. The Labute approximate surface area is 549 Å². The zero-order valence-corrected chi connectivity index (χ0v) is 53.0. The second-order valence-corrected chi connectivity index (χ2v) is 24.0. The lowest BCUT2D eigenvalue weighted by Gasteiger charge is -2.36. The van der Waals surface area contributed by atoms with Crippen molar-refractivity contribution < 1.29 is 38.9 Å². The number of amides is 2. The van der Waals surface area contributed by atoms with E-state index in [0.717, 1.165) is 33.4 Å². The molecule has 0 fully saturated rings. The van der Waals surface area contributed by atoms with Gasteiger partial charge in [0.2, 0.25) is 11.8 Å². The van der Waals surface area contributed by atoms with E-state index in [0.29, 0.717) is 58.5 Å². The SMILES string of the molecule is CCOC(=O)c1cc(N=Nc2ccc(-c3ccc(N=Nc4ccc(O)c(C(=O)OCC)c4)cc3NC(=O)CN(CCSC(c3ccccc3)(c3ccccc3)c3ccccc3)CC(=O)NCCSC(c3ccccc3)(c3ccccc3)c3ccccc3)cc2)ccc1O. The van der Waals surface area contributed by atoms with Crippen molar-refractivity contribution in [3.8, 4) is 22.6 Å². The smallest absolute Gasteiger partial charge is 0.341 e. The van der Waals surface area contributed by atoms with Gasteiger partial charge in [0.05, 0.1) is 64.2 Å². The highest BCUT2D eigenvalue weighted by Gasteiger charge is 2.38. The van der Waals surface area contributed by atoms with Crippen LogP contribution in [0.4, 0.5) is 28.4 Å². The fraction of sp³-hybridized carbons (Fsp3) is 0.158. The number of anilines is 1. The van der Waals surface area contributed by atoms with Gasteiger partial charge in [0, 0.05) is 30.2 Å². The van der Waals surface area contributed by atoms with E-state index in [1.165, 1.54) is 36.4 Å². The van der Waals surface area contributed by atoms with Gasteiger partial charge in [-0.3, -0.25) is 14.5 Å². The van der Waals surface area contributed by atoms with E-state index in [-0.39, 0.29) is 60.5 Å². The lowest BCUT2D eigenvalue weighted by atomic mass is 9.84. The molecule has 10 aromatic carbocycles. The molecule has 0 aliphatic carbocycles. The molecule has 2 amide bonds. The maximum absolute atomic E-state index is 15.0. The van der Waals surface area contributed by atoms with E-state index in [1.807, 2.05) is 89.8 Å². The summed E-state index contributed by atoms with van der Waals surface area (Å²) in [5.41, 5.74) is 9.58. The highest BCUT2D eigenvalue weighted by Crippen LogP contribution is 2.50. The van der Waals surface area contributed by atoms with E-state index in [2.05, 4.69) is 140 Å². The molecular weight excluding hydrogens is 1200 g/mol. The second-order valence-electron chi connectivity index (χ2n) is 21.4. The molecule has 0 saturated heterocycles. The average Bonchev–Trinajstić information content (AvgIpc) is 0.839. The van der Waals surface area contributed by atoms with Gasteiger partial charge in [0.15, 0.2) is 0 Å². The predicted molar refractivity (Wildman–Crippen MR) is 370 cm³/mol. The molecule has 15 nitrogen and oxygen atoms in total. The minimum Gasteiger partial charge on any atom is -0.507 e. The number of thioether (sulfide) groups is 2. The molecular formula is C76H69N7O8S2. The molecule has 17 heteroatoms. The third kappa shape index (κ3) is 16.4. The third-order valence-electron chi connectivity index (χ3n) is 15.3. The molecule has 0 bridgehead atoms. The highest BCUT2D eigenvalue weighted by molar-refractivity contribution is 8.00. The largest absolute Gasteiger partial charge is 0.507 e. The number of nitrogens with one attached hydrogen (secondary N) is 2. The van der Waals surface area contributed by atoms with E-state index in [4.69, 9.17) is 9.47 Å². The summed E-state index contributed by atoms with van der Waals surface area (Å²) in [6, 6.07) is 83.3. The summed E-state index contributed by atoms with van der Waals surface area (Å²) < 4.78 is 8.97. The molecule has 0 atom stereocenters. The van der Waals surface area contributed by atoms with Crippen LogP contribution in [0.5, 0.6) is 11.5 Å². The number of benzene rings is 10.